The van der Waals surface area contributed by atoms with Crippen LogP contribution in [0.15, 0.2) is 35.9 Å². The zero-order valence-electron chi connectivity index (χ0n) is 11.7. The van der Waals surface area contributed by atoms with Gasteiger partial charge in [-0.15, -0.1) is 0 Å². The highest BCUT2D eigenvalue weighted by Crippen LogP contribution is 2.23. The van der Waals surface area contributed by atoms with Gasteiger partial charge in [0.05, 0.1) is 7.11 Å². The minimum atomic E-state index is 0.322. The van der Waals surface area contributed by atoms with Crippen molar-refractivity contribution in [2.45, 2.75) is 44.6 Å². The molecule has 0 fully saturated rings. The largest absolute Gasteiger partial charge is 0.497 e. The number of allylic oxidation sites excluding steroid dienone is 1. The highest BCUT2D eigenvalue weighted by molar-refractivity contribution is 5.27. The van der Waals surface area contributed by atoms with Gasteiger partial charge < -0.3 is 4.74 Å². The number of nitrogens with two attached hydrogens (primary N) is 1. The third kappa shape index (κ3) is 4.08. The molecule has 0 bridgehead atoms. The van der Waals surface area contributed by atoms with Crippen molar-refractivity contribution in [1.29, 1.82) is 0 Å². The molecule has 1 aromatic rings. The summed E-state index contributed by atoms with van der Waals surface area (Å²) in [4.78, 5) is 0. The molecule has 0 aliphatic heterocycles. The number of nitrogens with one attached hydrogen (secondary N) is 1. The molecule has 0 spiro atoms. The van der Waals surface area contributed by atoms with Crippen LogP contribution in [0.5, 0.6) is 5.75 Å². The van der Waals surface area contributed by atoms with Crippen LogP contribution in [0.4, 0.5) is 0 Å². The quantitative estimate of drug-likeness (QED) is 0.469. The Balaban J connectivity index is 1.89. The average molecular weight is 260 g/mol. The molecule has 1 aliphatic rings. The van der Waals surface area contributed by atoms with Crippen LogP contribution in [-0.4, -0.2) is 13.2 Å². The van der Waals surface area contributed by atoms with Gasteiger partial charge in [0.25, 0.3) is 0 Å². The van der Waals surface area contributed by atoms with E-state index in [-0.39, 0.29) is 0 Å². The summed E-state index contributed by atoms with van der Waals surface area (Å²) in [5.74, 6) is 6.61. The second-order valence-electron chi connectivity index (χ2n) is 5.13. The molecule has 0 saturated heterocycles. The lowest BCUT2D eigenvalue weighted by molar-refractivity contribution is 0.414. The molecule has 0 amide bonds. The fourth-order valence-corrected chi connectivity index (χ4v) is 2.66. The van der Waals surface area contributed by atoms with E-state index in [4.69, 9.17) is 10.6 Å². The van der Waals surface area contributed by atoms with E-state index < -0.39 is 0 Å². The van der Waals surface area contributed by atoms with Gasteiger partial charge in [0.2, 0.25) is 0 Å². The fraction of sp³-hybridized carbons (Fsp3) is 0.500. The third-order valence-corrected chi connectivity index (χ3v) is 3.86. The van der Waals surface area contributed by atoms with Gasteiger partial charge in [-0.1, -0.05) is 23.8 Å². The number of benzene rings is 1. The lowest BCUT2D eigenvalue weighted by Gasteiger charge is -2.22. The van der Waals surface area contributed by atoms with E-state index in [0.29, 0.717) is 6.04 Å². The Morgan fingerprint density at radius 2 is 2.05 bits per heavy atom. The van der Waals surface area contributed by atoms with Crippen LogP contribution in [0, 0.1) is 0 Å². The first-order valence-corrected chi connectivity index (χ1v) is 7.11. The van der Waals surface area contributed by atoms with Crippen LogP contribution in [0.2, 0.25) is 0 Å². The number of ether oxygens (including phenoxy) is 1. The second kappa shape index (κ2) is 7.31. The Bertz CT molecular complexity index is 411. The minimum absolute atomic E-state index is 0.322. The van der Waals surface area contributed by atoms with Crippen molar-refractivity contribution >= 4 is 0 Å². The number of hydrogen-bond donors (Lipinski definition) is 2. The van der Waals surface area contributed by atoms with E-state index in [2.05, 4.69) is 23.6 Å². The Labute approximate surface area is 115 Å². The summed E-state index contributed by atoms with van der Waals surface area (Å²) in [6, 6.07) is 8.60. The summed E-state index contributed by atoms with van der Waals surface area (Å²) in [5.41, 5.74) is 5.79. The van der Waals surface area contributed by atoms with Crippen molar-refractivity contribution in [3.63, 3.8) is 0 Å². The molecule has 3 heteroatoms. The van der Waals surface area contributed by atoms with Gasteiger partial charge in [0.15, 0.2) is 0 Å². The summed E-state index contributed by atoms with van der Waals surface area (Å²) in [7, 11) is 1.69. The van der Waals surface area contributed by atoms with Crippen molar-refractivity contribution in [2.24, 2.45) is 5.84 Å². The maximum absolute atomic E-state index is 5.70. The topological polar surface area (TPSA) is 47.3 Å². The van der Waals surface area contributed by atoms with Crippen molar-refractivity contribution in [3.05, 3.63) is 41.5 Å². The van der Waals surface area contributed by atoms with E-state index in [1.54, 1.807) is 7.11 Å². The van der Waals surface area contributed by atoms with Gasteiger partial charge in [-0.05, 0) is 56.2 Å². The highest BCUT2D eigenvalue weighted by atomic mass is 16.5. The van der Waals surface area contributed by atoms with Crippen LogP contribution in [0.3, 0.4) is 0 Å². The number of hydrazine groups is 1. The highest BCUT2D eigenvalue weighted by Gasteiger charge is 2.14. The molecule has 104 valence electrons. The smallest absolute Gasteiger partial charge is 0.118 e. The van der Waals surface area contributed by atoms with E-state index in [1.165, 1.54) is 36.8 Å². The number of methoxy groups -OCH3 is 1. The Kier molecular flexibility index (Phi) is 5.43. The van der Waals surface area contributed by atoms with Crippen molar-refractivity contribution in [3.8, 4) is 5.75 Å². The van der Waals surface area contributed by atoms with E-state index >= 15 is 0 Å². The monoisotopic (exact) mass is 260 g/mol. The maximum Gasteiger partial charge on any atom is 0.118 e. The molecule has 1 atom stereocenters. The van der Waals surface area contributed by atoms with E-state index in [1.807, 2.05) is 12.1 Å². The summed E-state index contributed by atoms with van der Waals surface area (Å²) in [6.07, 6.45) is 9.46. The SMILES string of the molecule is COc1ccc(CCC(NN)C2=CCCCC2)cc1. The molecule has 0 radical (unpaired) electrons. The van der Waals surface area contributed by atoms with Crippen molar-refractivity contribution in [2.75, 3.05) is 7.11 Å². The molecular weight excluding hydrogens is 236 g/mol. The van der Waals surface area contributed by atoms with Crippen LogP contribution < -0.4 is 16.0 Å². The van der Waals surface area contributed by atoms with Gasteiger partial charge in [-0.25, -0.2) is 0 Å². The summed E-state index contributed by atoms with van der Waals surface area (Å²) < 4.78 is 5.17. The molecule has 19 heavy (non-hydrogen) atoms. The first-order chi connectivity index (χ1) is 9.33. The Morgan fingerprint density at radius 1 is 1.26 bits per heavy atom. The zero-order chi connectivity index (χ0) is 13.5. The van der Waals surface area contributed by atoms with Gasteiger partial charge in [-0.3, -0.25) is 11.3 Å². The van der Waals surface area contributed by atoms with Gasteiger partial charge in [0.1, 0.15) is 5.75 Å². The van der Waals surface area contributed by atoms with Crippen molar-refractivity contribution < 1.29 is 4.74 Å². The van der Waals surface area contributed by atoms with Crippen LogP contribution in [-0.2, 0) is 6.42 Å². The van der Waals surface area contributed by atoms with Crippen LogP contribution in [0.25, 0.3) is 0 Å². The molecule has 0 saturated carbocycles. The molecule has 2 rings (SSSR count). The third-order valence-electron chi connectivity index (χ3n) is 3.86. The average Bonchev–Trinajstić information content (AvgIpc) is 2.49. The lowest BCUT2D eigenvalue weighted by Crippen LogP contribution is -2.37. The molecule has 0 heterocycles. The fourth-order valence-electron chi connectivity index (χ4n) is 2.66. The molecule has 3 N–H and O–H groups in total. The van der Waals surface area contributed by atoms with E-state index in [0.717, 1.165) is 18.6 Å². The summed E-state index contributed by atoms with van der Waals surface area (Å²) in [6.45, 7) is 0. The first-order valence-electron chi connectivity index (χ1n) is 7.11. The predicted molar refractivity (Wildman–Crippen MR) is 79.0 cm³/mol. The molecular formula is C16H24N2O. The van der Waals surface area contributed by atoms with E-state index in [9.17, 15) is 0 Å². The minimum Gasteiger partial charge on any atom is -0.497 e. The number of aryl methyl sites for hydroxylation is 1. The Hall–Kier alpha value is -1.32. The standard InChI is InChI=1S/C16H24N2O/c1-19-15-10-7-13(8-11-15)9-12-16(18-17)14-5-3-2-4-6-14/h5,7-8,10-11,16,18H,2-4,6,9,12,17H2,1H3. The van der Waals surface area contributed by atoms with Crippen LogP contribution >= 0.6 is 0 Å². The molecule has 1 unspecified atom stereocenters. The van der Waals surface area contributed by atoms with Crippen molar-refractivity contribution in [1.82, 2.24) is 5.43 Å². The molecule has 3 nitrogen and oxygen atoms in total. The summed E-state index contributed by atoms with van der Waals surface area (Å²) >= 11 is 0. The number of hydrogen-bond acceptors (Lipinski definition) is 3. The van der Waals surface area contributed by atoms with Gasteiger partial charge in [0, 0.05) is 6.04 Å². The zero-order valence-corrected chi connectivity index (χ0v) is 11.7. The predicted octanol–water partition coefficient (Wildman–Crippen LogP) is 2.96. The molecule has 1 aliphatic carbocycles. The maximum atomic E-state index is 5.70. The number of rotatable bonds is 6. The normalized spacial score (nSPS) is 16.8. The first kappa shape index (κ1) is 14.1. The summed E-state index contributed by atoms with van der Waals surface area (Å²) in [5, 5.41) is 0. The molecule has 1 aromatic carbocycles. The van der Waals surface area contributed by atoms with Gasteiger partial charge in [-0.2, -0.15) is 0 Å². The lowest BCUT2D eigenvalue weighted by atomic mass is 9.91. The molecule has 0 aromatic heterocycles. The Morgan fingerprint density at radius 3 is 2.63 bits per heavy atom. The van der Waals surface area contributed by atoms with Gasteiger partial charge >= 0.3 is 0 Å². The van der Waals surface area contributed by atoms with Crippen LogP contribution in [0.1, 0.15) is 37.7 Å². The second-order valence-corrected chi connectivity index (χ2v) is 5.13.